The average Bonchev–Trinajstić information content (AvgIpc) is 2.77. The lowest BCUT2D eigenvalue weighted by atomic mass is 10.2. The summed E-state index contributed by atoms with van der Waals surface area (Å²) in [5, 5.41) is 0. The highest BCUT2D eigenvalue weighted by Gasteiger charge is 2.30. The molecule has 0 atom stereocenters. The molecular formula is C21H26N2O6S. The number of carbonyl (C=O) groups excluding carboxylic acids is 1. The van der Waals surface area contributed by atoms with Gasteiger partial charge in [0.2, 0.25) is 5.91 Å². The van der Waals surface area contributed by atoms with Gasteiger partial charge >= 0.3 is 0 Å². The van der Waals surface area contributed by atoms with Crippen molar-refractivity contribution in [3.05, 3.63) is 48.0 Å². The predicted molar refractivity (Wildman–Crippen MR) is 113 cm³/mol. The third-order valence-electron chi connectivity index (χ3n) is 4.91. The maximum atomic E-state index is 13.5. The van der Waals surface area contributed by atoms with E-state index >= 15 is 0 Å². The van der Waals surface area contributed by atoms with Gasteiger partial charge in [0.15, 0.2) is 11.5 Å². The summed E-state index contributed by atoms with van der Waals surface area (Å²) in [5.74, 6) is 0.551. The van der Waals surface area contributed by atoms with Crippen LogP contribution in [0.25, 0.3) is 0 Å². The zero-order valence-corrected chi connectivity index (χ0v) is 18.1. The van der Waals surface area contributed by atoms with Crippen LogP contribution in [0, 0.1) is 6.92 Å². The van der Waals surface area contributed by atoms with Crippen molar-refractivity contribution in [3.63, 3.8) is 0 Å². The summed E-state index contributed by atoms with van der Waals surface area (Å²) in [7, 11) is -1.02. The molecule has 0 bridgehead atoms. The van der Waals surface area contributed by atoms with Crippen LogP contribution in [0.1, 0.15) is 5.56 Å². The lowest BCUT2D eigenvalue weighted by molar-refractivity contribution is -0.133. The van der Waals surface area contributed by atoms with Gasteiger partial charge in [-0.3, -0.25) is 9.10 Å². The van der Waals surface area contributed by atoms with Crippen LogP contribution in [0.4, 0.5) is 5.69 Å². The zero-order chi connectivity index (χ0) is 21.7. The second-order valence-electron chi connectivity index (χ2n) is 6.86. The van der Waals surface area contributed by atoms with E-state index in [1.165, 1.54) is 26.4 Å². The molecule has 0 N–H and O–H groups in total. The summed E-state index contributed by atoms with van der Waals surface area (Å²) in [6, 6.07) is 11.3. The number of anilines is 1. The number of benzene rings is 2. The SMILES string of the molecule is COc1ccc(N(CC(=O)N2CCOCC2)S(=O)(=O)c2ccc(C)cc2)cc1OC. The second kappa shape index (κ2) is 9.36. The fraction of sp³-hybridized carbons (Fsp3) is 0.381. The first-order valence-corrected chi connectivity index (χ1v) is 11.0. The number of sulfonamides is 1. The largest absolute Gasteiger partial charge is 0.493 e. The topological polar surface area (TPSA) is 85.4 Å². The second-order valence-corrected chi connectivity index (χ2v) is 8.72. The lowest BCUT2D eigenvalue weighted by Gasteiger charge is -2.30. The van der Waals surface area contributed by atoms with Crippen LogP contribution < -0.4 is 13.8 Å². The van der Waals surface area contributed by atoms with E-state index in [9.17, 15) is 13.2 Å². The van der Waals surface area contributed by atoms with Gasteiger partial charge in [0.05, 0.1) is 38.0 Å². The van der Waals surface area contributed by atoms with Gasteiger partial charge in [-0.2, -0.15) is 0 Å². The van der Waals surface area contributed by atoms with Crippen molar-refractivity contribution < 1.29 is 27.4 Å². The molecule has 3 rings (SSSR count). The number of ether oxygens (including phenoxy) is 3. The fourth-order valence-electron chi connectivity index (χ4n) is 3.17. The lowest BCUT2D eigenvalue weighted by Crippen LogP contribution is -2.47. The molecule has 1 amide bonds. The fourth-order valence-corrected chi connectivity index (χ4v) is 4.57. The monoisotopic (exact) mass is 434 g/mol. The molecule has 1 aliphatic rings. The molecule has 0 spiro atoms. The van der Waals surface area contributed by atoms with E-state index in [0.29, 0.717) is 43.5 Å². The van der Waals surface area contributed by atoms with Gasteiger partial charge < -0.3 is 19.1 Å². The quantitative estimate of drug-likeness (QED) is 0.663. The third kappa shape index (κ3) is 4.68. The Bertz CT molecular complexity index is 985. The Labute approximate surface area is 177 Å². The van der Waals surface area contributed by atoms with E-state index in [-0.39, 0.29) is 17.3 Å². The van der Waals surface area contributed by atoms with Crippen molar-refractivity contribution >= 4 is 21.6 Å². The van der Waals surface area contributed by atoms with E-state index in [4.69, 9.17) is 14.2 Å². The van der Waals surface area contributed by atoms with Crippen LogP contribution >= 0.6 is 0 Å². The van der Waals surface area contributed by atoms with Gasteiger partial charge in [-0.15, -0.1) is 0 Å². The van der Waals surface area contributed by atoms with Crippen LogP contribution in [0.5, 0.6) is 11.5 Å². The molecule has 0 aromatic heterocycles. The van der Waals surface area contributed by atoms with Crippen LogP contribution in [0.3, 0.4) is 0 Å². The molecule has 162 valence electrons. The van der Waals surface area contributed by atoms with Gasteiger partial charge in [-0.25, -0.2) is 8.42 Å². The summed E-state index contributed by atoms with van der Waals surface area (Å²) >= 11 is 0. The van der Waals surface area contributed by atoms with Crippen molar-refractivity contribution in [2.45, 2.75) is 11.8 Å². The molecule has 1 aliphatic heterocycles. The number of nitrogens with zero attached hydrogens (tertiary/aromatic N) is 2. The Hall–Kier alpha value is -2.78. The molecule has 9 heteroatoms. The minimum absolute atomic E-state index is 0.109. The average molecular weight is 435 g/mol. The molecule has 30 heavy (non-hydrogen) atoms. The Balaban J connectivity index is 2.02. The van der Waals surface area contributed by atoms with Crippen molar-refractivity contribution in [2.75, 3.05) is 51.4 Å². The van der Waals surface area contributed by atoms with E-state index in [2.05, 4.69) is 0 Å². The third-order valence-corrected chi connectivity index (χ3v) is 6.69. The Morgan fingerprint density at radius 1 is 1.03 bits per heavy atom. The van der Waals surface area contributed by atoms with Gasteiger partial charge in [0.25, 0.3) is 10.0 Å². The number of morpholine rings is 1. The first kappa shape index (κ1) is 21.9. The van der Waals surface area contributed by atoms with E-state index in [0.717, 1.165) is 9.87 Å². The summed E-state index contributed by atoms with van der Waals surface area (Å²) in [5.41, 5.74) is 1.26. The minimum atomic E-state index is -3.99. The summed E-state index contributed by atoms with van der Waals surface area (Å²) in [6.07, 6.45) is 0. The number of methoxy groups -OCH3 is 2. The van der Waals surface area contributed by atoms with Crippen LogP contribution in [-0.2, 0) is 19.6 Å². The molecule has 1 fully saturated rings. The molecule has 1 saturated heterocycles. The number of rotatable bonds is 7. The van der Waals surface area contributed by atoms with Crippen molar-refractivity contribution in [2.24, 2.45) is 0 Å². The van der Waals surface area contributed by atoms with Gasteiger partial charge in [-0.05, 0) is 31.2 Å². The van der Waals surface area contributed by atoms with Crippen molar-refractivity contribution in [1.29, 1.82) is 0 Å². The zero-order valence-electron chi connectivity index (χ0n) is 17.3. The maximum absolute atomic E-state index is 13.5. The van der Waals surface area contributed by atoms with Crippen LogP contribution in [0.15, 0.2) is 47.4 Å². The molecule has 0 unspecified atom stereocenters. The molecule has 2 aromatic carbocycles. The molecular weight excluding hydrogens is 408 g/mol. The highest BCUT2D eigenvalue weighted by molar-refractivity contribution is 7.92. The highest BCUT2D eigenvalue weighted by atomic mass is 32.2. The number of aryl methyl sites for hydroxylation is 1. The number of hydrogen-bond acceptors (Lipinski definition) is 6. The van der Waals surface area contributed by atoms with Gasteiger partial charge in [0, 0.05) is 19.2 Å². The van der Waals surface area contributed by atoms with Crippen molar-refractivity contribution in [3.8, 4) is 11.5 Å². The summed E-state index contributed by atoms with van der Waals surface area (Å²) in [4.78, 5) is 14.6. The molecule has 2 aromatic rings. The highest BCUT2D eigenvalue weighted by Crippen LogP contribution is 2.34. The number of hydrogen-bond donors (Lipinski definition) is 0. The number of carbonyl (C=O) groups is 1. The maximum Gasteiger partial charge on any atom is 0.264 e. The van der Waals surface area contributed by atoms with E-state index in [1.807, 2.05) is 6.92 Å². The van der Waals surface area contributed by atoms with E-state index in [1.54, 1.807) is 35.2 Å². The molecule has 0 aliphatic carbocycles. The van der Waals surface area contributed by atoms with Crippen LogP contribution in [0.2, 0.25) is 0 Å². The summed E-state index contributed by atoms with van der Waals surface area (Å²) < 4.78 is 43.9. The molecule has 1 heterocycles. The molecule has 8 nitrogen and oxygen atoms in total. The van der Waals surface area contributed by atoms with E-state index < -0.39 is 10.0 Å². The minimum Gasteiger partial charge on any atom is -0.493 e. The summed E-state index contributed by atoms with van der Waals surface area (Å²) in [6.45, 7) is 3.29. The molecule has 0 saturated carbocycles. The molecule has 0 radical (unpaired) electrons. The Morgan fingerprint density at radius 2 is 1.67 bits per heavy atom. The first-order chi connectivity index (χ1) is 14.4. The van der Waals surface area contributed by atoms with Gasteiger partial charge in [0.1, 0.15) is 6.54 Å². The Morgan fingerprint density at radius 3 is 2.27 bits per heavy atom. The smallest absolute Gasteiger partial charge is 0.264 e. The Kier molecular flexibility index (Phi) is 6.84. The van der Waals surface area contributed by atoms with Crippen molar-refractivity contribution in [1.82, 2.24) is 4.90 Å². The first-order valence-electron chi connectivity index (χ1n) is 9.54. The number of amides is 1. The normalized spacial score (nSPS) is 14.3. The van der Waals surface area contributed by atoms with Gasteiger partial charge in [-0.1, -0.05) is 17.7 Å². The van der Waals surface area contributed by atoms with Crippen LogP contribution in [-0.4, -0.2) is 66.3 Å². The standard InChI is InChI=1S/C21H26N2O6S/c1-16-4-7-18(8-5-16)30(25,26)23(15-21(24)22-10-12-29-13-11-22)17-6-9-19(27-2)20(14-17)28-3/h4-9,14H,10-13,15H2,1-3H3. The predicted octanol–water partition coefficient (Wildman–Crippen LogP) is 2.07.